The Kier molecular flexibility index (Phi) is 3.38. The van der Waals surface area contributed by atoms with Crippen LogP contribution in [0.25, 0.3) is 11.0 Å². The summed E-state index contributed by atoms with van der Waals surface area (Å²) in [4.78, 5) is 26.6. The molecule has 0 spiro atoms. The Labute approximate surface area is 132 Å². The molecule has 1 aliphatic heterocycles. The molecule has 1 aliphatic rings. The number of aromatic amines is 1. The van der Waals surface area contributed by atoms with Gasteiger partial charge in [0.25, 0.3) is 5.91 Å². The van der Waals surface area contributed by atoms with Crippen molar-refractivity contribution in [3.63, 3.8) is 0 Å². The first-order chi connectivity index (χ1) is 10.8. The minimum Gasteiger partial charge on any atom is -0.345 e. The minimum absolute atomic E-state index is 0.0800. The monoisotopic (exact) mass is 312 g/mol. The molecule has 1 fully saturated rings. The maximum absolute atomic E-state index is 12.9. The fourth-order valence-corrected chi connectivity index (χ4v) is 3.85. The van der Waals surface area contributed by atoms with Gasteiger partial charge in [0.2, 0.25) is 0 Å². The number of imidazole rings is 1. The lowest BCUT2D eigenvalue weighted by molar-refractivity contribution is 0.0611. The van der Waals surface area contributed by atoms with Crippen LogP contribution in [0.1, 0.15) is 40.7 Å². The molecule has 4 rings (SSSR count). The number of nitrogens with one attached hydrogen (secondary N) is 1. The highest BCUT2D eigenvalue weighted by Crippen LogP contribution is 2.33. The number of benzene rings is 1. The van der Waals surface area contributed by atoms with E-state index in [-0.39, 0.29) is 11.9 Å². The molecular weight excluding hydrogens is 296 g/mol. The van der Waals surface area contributed by atoms with Crippen LogP contribution < -0.4 is 0 Å². The Morgan fingerprint density at radius 3 is 3.14 bits per heavy atom. The maximum atomic E-state index is 12.9. The fourth-order valence-electron chi connectivity index (χ4n) is 3.06. The van der Waals surface area contributed by atoms with Crippen molar-refractivity contribution in [1.82, 2.24) is 19.9 Å². The number of rotatable bonds is 2. The summed E-state index contributed by atoms with van der Waals surface area (Å²) in [5.74, 6) is 0.0800. The van der Waals surface area contributed by atoms with E-state index in [1.807, 2.05) is 34.7 Å². The normalized spacial score (nSPS) is 18.7. The van der Waals surface area contributed by atoms with E-state index in [1.54, 1.807) is 17.7 Å². The van der Waals surface area contributed by atoms with Gasteiger partial charge in [-0.05, 0) is 37.5 Å². The summed E-state index contributed by atoms with van der Waals surface area (Å²) >= 11 is 1.63. The predicted octanol–water partition coefficient (Wildman–Crippen LogP) is 3.39. The van der Waals surface area contributed by atoms with Crippen LogP contribution in [-0.4, -0.2) is 32.3 Å². The van der Waals surface area contributed by atoms with E-state index in [0.717, 1.165) is 41.8 Å². The van der Waals surface area contributed by atoms with Crippen LogP contribution in [-0.2, 0) is 0 Å². The van der Waals surface area contributed by atoms with Crippen molar-refractivity contribution >= 4 is 28.3 Å². The maximum Gasteiger partial charge on any atom is 0.254 e. The van der Waals surface area contributed by atoms with Crippen molar-refractivity contribution in [2.45, 2.75) is 25.3 Å². The third-order valence-corrected chi connectivity index (χ3v) is 5.04. The van der Waals surface area contributed by atoms with Crippen LogP contribution >= 0.6 is 11.3 Å². The molecule has 112 valence electrons. The third-order valence-electron chi connectivity index (χ3n) is 4.17. The summed E-state index contributed by atoms with van der Waals surface area (Å²) in [6, 6.07) is 5.75. The van der Waals surface area contributed by atoms with Crippen LogP contribution in [0.2, 0.25) is 0 Å². The van der Waals surface area contributed by atoms with Crippen molar-refractivity contribution in [1.29, 1.82) is 0 Å². The Hall–Kier alpha value is -2.21. The van der Waals surface area contributed by atoms with Gasteiger partial charge < -0.3 is 9.88 Å². The molecule has 2 aromatic heterocycles. The van der Waals surface area contributed by atoms with Crippen LogP contribution in [0.4, 0.5) is 0 Å². The fraction of sp³-hybridized carbons (Fsp3) is 0.312. The first kappa shape index (κ1) is 13.5. The molecule has 0 saturated carbocycles. The van der Waals surface area contributed by atoms with E-state index in [9.17, 15) is 4.79 Å². The molecule has 0 aliphatic carbocycles. The molecule has 1 N–H and O–H groups in total. The summed E-state index contributed by atoms with van der Waals surface area (Å²) in [5, 5.41) is 3.01. The van der Waals surface area contributed by atoms with Crippen LogP contribution in [0, 0.1) is 0 Å². The van der Waals surface area contributed by atoms with Gasteiger partial charge in [0.15, 0.2) is 0 Å². The summed E-state index contributed by atoms with van der Waals surface area (Å²) in [6.07, 6.45) is 6.66. The molecule has 1 amide bonds. The van der Waals surface area contributed by atoms with Crippen molar-refractivity contribution < 1.29 is 4.79 Å². The molecule has 3 heterocycles. The molecule has 6 heteroatoms. The number of amides is 1. The summed E-state index contributed by atoms with van der Waals surface area (Å²) in [6.45, 7) is 0.796. The molecule has 5 nitrogen and oxygen atoms in total. The second kappa shape index (κ2) is 5.53. The molecule has 1 saturated heterocycles. The van der Waals surface area contributed by atoms with E-state index in [0.29, 0.717) is 5.56 Å². The average Bonchev–Trinajstić information content (AvgIpc) is 3.24. The third kappa shape index (κ3) is 2.29. The molecule has 0 radical (unpaired) electrons. The van der Waals surface area contributed by atoms with E-state index < -0.39 is 0 Å². The molecular formula is C16H16N4OS. The lowest BCUT2D eigenvalue weighted by Crippen LogP contribution is -2.38. The minimum atomic E-state index is 0.0800. The second-order valence-electron chi connectivity index (χ2n) is 5.51. The summed E-state index contributed by atoms with van der Waals surface area (Å²) in [7, 11) is 0. The Balaban J connectivity index is 1.67. The molecule has 22 heavy (non-hydrogen) atoms. The van der Waals surface area contributed by atoms with Gasteiger partial charge in [0, 0.05) is 23.7 Å². The molecule has 1 atom stereocenters. The van der Waals surface area contributed by atoms with Gasteiger partial charge in [0.05, 0.1) is 23.4 Å². The van der Waals surface area contributed by atoms with Crippen molar-refractivity contribution in [2.75, 3.05) is 6.54 Å². The number of likely N-dealkylation sites (tertiary alicyclic amines) is 1. The average molecular weight is 312 g/mol. The number of hydrogen-bond donors (Lipinski definition) is 1. The van der Waals surface area contributed by atoms with Crippen molar-refractivity contribution in [3.8, 4) is 0 Å². The molecule has 1 unspecified atom stereocenters. The van der Waals surface area contributed by atoms with Crippen molar-refractivity contribution in [2.24, 2.45) is 0 Å². The number of thiazole rings is 1. The zero-order valence-corrected chi connectivity index (χ0v) is 12.8. The highest BCUT2D eigenvalue weighted by molar-refractivity contribution is 7.09. The Morgan fingerprint density at radius 1 is 1.32 bits per heavy atom. The summed E-state index contributed by atoms with van der Waals surface area (Å²) < 4.78 is 0. The number of piperidine rings is 1. The summed E-state index contributed by atoms with van der Waals surface area (Å²) in [5.41, 5.74) is 2.49. The highest BCUT2D eigenvalue weighted by atomic mass is 32.1. The number of hydrogen-bond acceptors (Lipinski definition) is 4. The lowest BCUT2D eigenvalue weighted by Gasteiger charge is -2.34. The topological polar surface area (TPSA) is 61.9 Å². The van der Waals surface area contributed by atoms with Crippen LogP contribution in [0.3, 0.4) is 0 Å². The zero-order valence-electron chi connectivity index (χ0n) is 12.0. The first-order valence-electron chi connectivity index (χ1n) is 7.46. The number of aromatic nitrogens is 3. The Bertz CT molecular complexity index is 795. The second-order valence-corrected chi connectivity index (χ2v) is 6.44. The van der Waals surface area contributed by atoms with Crippen molar-refractivity contribution in [3.05, 3.63) is 46.7 Å². The molecule has 0 bridgehead atoms. The quantitative estimate of drug-likeness (QED) is 0.789. The van der Waals surface area contributed by atoms with Gasteiger partial charge in [-0.15, -0.1) is 11.3 Å². The van der Waals surface area contributed by atoms with Crippen LogP contribution in [0.15, 0.2) is 36.1 Å². The molecule has 3 aromatic rings. The van der Waals surface area contributed by atoms with Gasteiger partial charge >= 0.3 is 0 Å². The van der Waals surface area contributed by atoms with E-state index >= 15 is 0 Å². The first-order valence-corrected chi connectivity index (χ1v) is 8.34. The zero-order chi connectivity index (χ0) is 14.9. The van der Waals surface area contributed by atoms with Gasteiger partial charge in [-0.3, -0.25) is 4.79 Å². The van der Waals surface area contributed by atoms with E-state index in [2.05, 4.69) is 15.0 Å². The Morgan fingerprint density at radius 2 is 2.27 bits per heavy atom. The number of nitrogens with zero attached hydrogens (tertiary/aromatic N) is 3. The van der Waals surface area contributed by atoms with Gasteiger partial charge in [-0.1, -0.05) is 0 Å². The standard InChI is InChI=1S/C16H16N4OS/c21-16(11-4-5-12-13(9-11)19-10-18-12)20-7-2-1-3-14(20)15-17-6-8-22-15/h4-6,8-10,14H,1-3,7H2,(H,18,19). The van der Waals surface area contributed by atoms with E-state index in [4.69, 9.17) is 0 Å². The lowest BCUT2D eigenvalue weighted by atomic mass is 10.0. The number of fused-ring (bicyclic) bond motifs is 1. The predicted molar refractivity (Wildman–Crippen MR) is 85.8 cm³/mol. The smallest absolute Gasteiger partial charge is 0.254 e. The number of carbonyl (C=O) groups excluding carboxylic acids is 1. The van der Waals surface area contributed by atoms with Gasteiger partial charge in [-0.2, -0.15) is 0 Å². The van der Waals surface area contributed by atoms with Crippen LogP contribution in [0.5, 0.6) is 0 Å². The molecule has 1 aromatic carbocycles. The van der Waals surface area contributed by atoms with Gasteiger partial charge in [-0.25, -0.2) is 9.97 Å². The largest absolute Gasteiger partial charge is 0.345 e. The number of carbonyl (C=O) groups is 1. The SMILES string of the molecule is O=C(c1ccc2nc[nH]c2c1)N1CCCCC1c1nccs1. The number of H-pyrrole nitrogens is 1. The van der Waals surface area contributed by atoms with Gasteiger partial charge in [0.1, 0.15) is 5.01 Å². The van der Waals surface area contributed by atoms with E-state index in [1.165, 1.54) is 0 Å². The highest BCUT2D eigenvalue weighted by Gasteiger charge is 2.30.